The van der Waals surface area contributed by atoms with Crippen LogP contribution in [0.3, 0.4) is 0 Å². The van der Waals surface area contributed by atoms with Gasteiger partial charge in [0, 0.05) is 18.2 Å². The van der Waals surface area contributed by atoms with Crippen molar-refractivity contribution in [3.05, 3.63) is 35.9 Å². The number of sulfone groups is 1. The number of hydrogen-bond acceptors (Lipinski definition) is 4. The van der Waals surface area contributed by atoms with E-state index in [2.05, 4.69) is 4.99 Å². The first-order valence-corrected chi connectivity index (χ1v) is 11.0. The molecule has 130 valence electrons. The number of carbonyl (C=O) groups is 1. The van der Waals surface area contributed by atoms with Gasteiger partial charge >= 0.3 is 0 Å². The van der Waals surface area contributed by atoms with Gasteiger partial charge in [-0.2, -0.15) is 4.99 Å². The van der Waals surface area contributed by atoms with Crippen LogP contribution in [0, 0.1) is 0 Å². The molecule has 2 saturated heterocycles. The standard InChI is InChI=1S/C17H22N2O3S2/c1-2-3-9-16(20)18-17-19(10-13-7-5-4-6-8-13)14-11-24(21,22)12-15(14)23-17/h4-8,14-15H,2-3,9-12H2,1H3/t14-,15+/m0/s1. The summed E-state index contributed by atoms with van der Waals surface area (Å²) in [5.74, 6) is 0.218. The molecule has 0 N–H and O–H groups in total. The number of benzene rings is 1. The van der Waals surface area contributed by atoms with E-state index in [9.17, 15) is 13.2 Å². The predicted molar refractivity (Wildman–Crippen MR) is 97.8 cm³/mol. The van der Waals surface area contributed by atoms with Gasteiger partial charge in [0.05, 0.1) is 17.5 Å². The molecular weight excluding hydrogens is 344 g/mol. The first-order chi connectivity index (χ1) is 11.5. The van der Waals surface area contributed by atoms with E-state index >= 15 is 0 Å². The SMILES string of the molecule is CCCCC(=O)N=C1S[C@@H]2CS(=O)(=O)C[C@@H]2N1Cc1ccccc1. The van der Waals surface area contributed by atoms with Crippen LogP contribution >= 0.6 is 11.8 Å². The second-order valence-corrected chi connectivity index (χ2v) is 9.67. The molecule has 5 nitrogen and oxygen atoms in total. The second kappa shape index (κ2) is 7.27. The largest absolute Gasteiger partial charge is 0.342 e. The van der Waals surface area contributed by atoms with Crippen molar-refractivity contribution in [2.75, 3.05) is 11.5 Å². The lowest BCUT2D eigenvalue weighted by Crippen LogP contribution is -2.37. The Morgan fingerprint density at radius 3 is 2.75 bits per heavy atom. The maximum absolute atomic E-state index is 12.1. The molecule has 2 heterocycles. The highest BCUT2D eigenvalue weighted by atomic mass is 32.2. The maximum Gasteiger partial charge on any atom is 0.248 e. The third kappa shape index (κ3) is 4.00. The summed E-state index contributed by atoms with van der Waals surface area (Å²) in [6.07, 6.45) is 2.24. The van der Waals surface area contributed by atoms with E-state index in [4.69, 9.17) is 0 Å². The molecule has 0 aromatic heterocycles. The number of rotatable bonds is 5. The van der Waals surface area contributed by atoms with E-state index in [0.717, 1.165) is 18.4 Å². The molecule has 0 unspecified atom stereocenters. The molecule has 2 aliphatic rings. The Balaban J connectivity index is 1.82. The highest BCUT2D eigenvalue weighted by molar-refractivity contribution is 8.15. The second-order valence-electron chi connectivity index (χ2n) is 6.31. The molecule has 0 saturated carbocycles. The Morgan fingerprint density at radius 2 is 2.04 bits per heavy atom. The molecule has 2 aliphatic heterocycles. The van der Waals surface area contributed by atoms with E-state index < -0.39 is 9.84 Å². The van der Waals surface area contributed by atoms with Gasteiger partial charge in [-0.05, 0) is 12.0 Å². The van der Waals surface area contributed by atoms with Crippen LogP contribution in [0.5, 0.6) is 0 Å². The fraction of sp³-hybridized carbons (Fsp3) is 0.529. The zero-order valence-corrected chi connectivity index (χ0v) is 15.4. The van der Waals surface area contributed by atoms with Gasteiger partial charge in [0.25, 0.3) is 0 Å². The number of thioether (sulfide) groups is 1. The van der Waals surface area contributed by atoms with Crippen molar-refractivity contribution in [2.45, 2.75) is 44.0 Å². The lowest BCUT2D eigenvalue weighted by molar-refractivity contribution is -0.117. The summed E-state index contributed by atoms with van der Waals surface area (Å²) < 4.78 is 23.9. The number of carbonyl (C=O) groups excluding carboxylic acids is 1. The number of amides is 1. The van der Waals surface area contributed by atoms with E-state index in [1.165, 1.54) is 11.8 Å². The average molecular weight is 367 g/mol. The summed E-state index contributed by atoms with van der Waals surface area (Å²) in [7, 11) is -3.00. The highest BCUT2D eigenvalue weighted by Crippen LogP contribution is 2.39. The topological polar surface area (TPSA) is 66.8 Å². The van der Waals surface area contributed by atoms with Crippen LogP contribution in [0.4, 0.5) is 0 Å². The maximum atomic E-state index is 12.1. The molecule has 1 aromatic carbocycles. The molecule has 0 spiro atoms. The summed E-state index contributed by atoms with van der Waals surface area (Å²) in [6, 6.07) is 9.82. The van der Waals surface area contributed by atoms with E-state index in [1.807, 2.05) is 42.2 Å². The third-order valence-corrected chi connectivity index (χ3v) is 7.58. The predicted octanol–water partition coefficient (Wildman–Crippen LogP) is 2.47. The Labute approximate surface area is 147 Å². The fourth-order valence-corrected chi connectivity index (χ4v) is 7.06. The minimum absolute atomic E-state index is 0.0172. The molecule has 7 heteroatoms. The lowest BCUT2D eigenvalue weighted by atomic mass is 10.1. The highest BCUT2D eigenvalue weighted by Gasteiger charge is 2.48. The summed E-state index contributed by atoms with van der Waals surface area (Å²) in [4.78, 5) is 18.4. The fourth-order valence-electron chi connectivity index (χ4n) is 3.09. The molecule has 2 fully saturated rings. The van der Waals surface area contributed by atoms with Gasteiger partial charge in [-0.25, -0.2) is 8.42 Å². The Hall–Kier alpha value is -1.34. The van der Waals surface area contributed by atoms with Gasteiger partial charge in [-0.15, -0.1) is 0 Å². The van der Waals surface area contributed by atoms with Crippen molar-refractivity contribution in [1.29, 1.82) is 0 Å². The number of aliphatic imine (C=N–C) groups is 1. The Kier molecular flexibility index (Phi) is 5.30. The molecule has 24 heavy (non-hydrogen) atoms. The molecule has 0 radical (unpaired) electrons. The number of unbranched alkanes of at least 4 members (excludes halogenated alkanes) is 1. The van der Waals surface area contributed by atoms with Gasteiger partial charge < -0.3 is 4.90 Å². The molecule has 0 bridgehead atoms. The summed E-state index contributed by atoms with van der Waals surface area (Å²) in [5.41, 5.74) is 1.09. The Morgan fingerprint density at radius 1 is 1.29 bits per heavy atom. The van der Waals surface area contributed by atoms with E-state index in [0.29, 0.717) is 18.1 Å². The van der Waals surface area contributed by atoms with E-state index in [1.54, 1.807) is 0 Å². The number of amidine groups is 1. The molecule has 1 aromatic rings. The molecule has 3 rings (SSSR count). The van der Waals surface area contributed by atoms with Crippen molar-refractivity contribution >= 4 is 32.7 Å². The number of hydrogen-bond donors (Lipinski definition) is 0. The van der Waals surface area contributed by atoms with Crippen LogP contribution in [0.25, 0.3) is 0 Å². The van der Waals surface area contributed by atoms with Crippen molar-refractivity contribution in [3.8, 4) is 0 Å². The minimum atomic E-state index is -3.00. The van der Waals surface area contributed by atoms with Crippen molar-refractivity contribution in [3.63, 3.8) is 0 Å². The van der Waals surface area contributed by atoms with Gasteiger partial charge in [0.2, 0.25) is 5.91 Å². The van der Waals surface area contributed by atoms with Gasteiger partial charge in [0.1, 0.15) is 0 Å². The Bertz CT molecular complexity index is 731. The first-order valence-electron chi connectivity index (χ1n) is 8.27. The van der Waals surface area contributed by atoms with Crippen molar-refractivity contribution < 1.29 is 13.2 Å². The van der Waals surface area contributed by atoms with Crippen molar-refractivity contribution in [2.24, 2.45) is 4.99 Å². The van der Waals surface area contributed by atoms with Crippen LogP contribution in [0.15, 0.2) is 35.3 Å². The quantitative estimate of drug-likeness (QED) is 0.801. The van der Waals surface area contributed by atoms with Crippen LogP contribution < -0.4 is 0 Å². The summed E-state index contributed by atoms with van der Waals surface area (Å²) in [5, 5.41) is 0.668. The minimum Gasteiger partial charge on any atom is -0.342 e. The zero-order chi connectivity index (χ0) is 17.2. The number of fused-ring (bicyclic) bond motifs is 1. The monoisotopic (exact) mass is 366 g/mol. The normalized spacial score (nSPS) is 26.7. The van der Waals surface area contributed by atoms with Gasteiger partial charge in [0.15, 0.2) is 15.0 Å². The molecule has 1 amide bonds. The third-order valence-electron chi connectivity index (χ3n) is 4.34. The smallest absolute Gasteiger partial charge is 0.248 e. The molecule has 2 atom stereocenters. The zero-order valence-electron chi connectivity index (χ0n) is 13.7. The summed E-state index contributed by atoms with van der Waals surface area (Å²) >= 11 is 1.45. The first kappa shape index (κ1) is 17.5. The average Bonchev–Trinajstić information content (AvgIpc) is 2.99. The lowest BCUT2D eigenvalue weighted by Gasteiger charge is -2.24. The van der Waals surface area contributed by atoms with Gasteiger partial charge in [-0.3, -0.25) is 4.79 Å². The molecule has 0 aliphatic carbocycles. The van der Waals surface area contributed by atoms with Crippen LogP contribution in [0.2, 0.25) is 0 Å². The molecular formula is C17H22N2O3S2. The van der Waals surface area contributed by atoms with Crippen LogP contribution in [-0.2, 0) is 21.2 Å². The summed E-state index contributed by atoms with van der Waals surface area (Å²) in [6.45, 7) is 2.63. The van der Waals surface area contributed by atoms with Gasteiger partial charge in [-0.1, -0.05) is 55.4 Å². The number of nitrogens with zero attached hydrogens (tertiary/aromatic N) is 2. The van der Waals surface area contributed by atoms with Crippen LogP contribution in [-0.4, -0.2) is 47.2 Å². The van der Waals surface area contributed by atoms with Crippen molar-refractivity contribution in [1.82, 2.24) is 4.90 Å². The van der Waals surface area contributed by atoms with Crippen LogP contribution in [0.1, 0.15) is 31.7 Å². The van der Waals surface area contributed by atoms with E-state index in [-0.39, 0.29) is 28.7 Å².